The summed E-state index contributed by atoms with van der Waals surface area (Å²) in [5.41, 5.74) is -0.405. The van der Waals surface area contributed by atoms with E-state index in [-0.39, 0.29) is 20.4 Å². The molecule has 3 nitrogen and oxygen atoms in total. The van der Waals surface area contributed by atoms with Crippen LogP contribution in [0.3, 0.4) is 0 Å². The molecule has 0 spiro atoms. The molecule has 0 aliphatic rings. The van der Waals surface area contributed by atoms with E-state index in [0.717, 1.165) is 0 Å². The Hall–Kier alpha value is -0.810. The molecule has 0 fully saturated rings. The fourth-order valence-electron chi connectivity index (χ4n) is 1.03. The largest absolute Gasteiger partial charge is 0.392 e. The van der Waals surface area contributed by atoms with E-state index in [0.29, 0.717) is 0 Å². The van der Waals surface area contributed by atoms with E-state index in [4.69, 9.17) is 10.4 Å². The summed E-state index contributed by atoms with van der Waals surface area (Å²) < 4.78 is 25.2. The van der Waals surface area contributed by atoms with E-state index in [1.807, 2.05) is 0 Å². The normalized spacial score (nSPS) is 10.3. The van der Waals surface area contributed by atoms with Gasteiger partial charge in [0.1, 0.15) is 9.77 Å². The number of halogens is 3. The molecule has 0 saturated heterocycles. The Bertz CT molecular complexity index is 390. The number of nitrogens with zero attached hydrogens (tertiary/aromatic N) is 2. The van der Waals surface area contributed by atoms with Gasteiger partial charge in [-0.05, 0) is 22.6 Å². The second-order valence-electron chi connectivity index (χ2n) is 2.43. The number of aromatic nitrogens is 1. The van der Waals surface area contributed by atoms with Crippen molar-refractivity contribution in [2.75, 3.05) is 0 Å². The first-order valence-corrected chi connectivity index (χ1v) is 4.66. The number of pyridine rings is 1. The third kappa shape index (κ3) is 1.99. The van der Waals surface area contributed by atoms with Crippen LogP contribution in [0.5, 0.6) is 0 Å². The molecule has 14 heavy (non-hydrogen) atoms. The van der Waals surface area contributed by atoms with Crippen molar-refractivity contribution in [3.05, 3.63) is 26.6 Å². The zero-order valence-corrected chi connectivity index (χ0v) is 8.99. The average Bonchev–Trinajstić information content (AvgIpc) is 2.16. The number of hydrogen-bond donors (Lipinski definition) is 1. The van der Waals surface area contributed by atoms with E-state index in [1.165, 1.54) is 6.20 Å². The first-order chi connectivity index (χ1) is 6.61. The van der Waals surface area contributed by atoms with Crippen LogP contribution in [-0.4, -0.2) is 10.1 Å². The summed E-state index contributed by atoms with van der Waals surface area (Å²) in [5, 5.41) is 17.5. The number of aliphatic hydroxyl groups is 1. The summed E-state index contributed by atoms with van der Waals surface area (Å²) in [6.45, 7) is -0.582. The zero-order chi connectivity index (χ0) is 10.7. The van der Waals surface area contributed by atoms with Crippen LogP contribution >= 0.6 is 22.6 Å². The van der Waals surface area contributed by atoms with Gasteiger partial charge in [0.05, 0.1) is 17.7 Å². The lowest BCUT2D eigenvalue weighted by atomic mass is 10.1. The highest BCUT2D eigenvalue weighted by molar-refractivity contribution is 14.1. The molecule has 0 radical (unpaired) electrons. The molecule has 1 N–H and O–H groups in total. The standard InChI is InChI=1S/C8H5F2IN2O/c9-7(10)6-5(3-14)4(1-12)2-13-8(6)11/h2,7,14H,3H2. The Morgan fingerprint density at radius 1 is 1.64 bits per heavy atom. The number of alkyl halides is 2. The molecule has 74 valence electrons. The van der Waals surface area contributed by atoms with Gasteiger partial charge in [-0.1, -0.05) is 0 Å². The van der Waals surface area contributed by atoms with E-state index in [1.54, 1.807) is 28.7 Å². The maximum absolute atomic E-state index is 12.5. The number of hydrogen-bond acceptors (Lipinski definition) is 3. The Morgan fingerprint density at radius 3 is 2.71 bits per heavy atom. The van der Waals surface area contributed by atoms with Gasteiger partial charge in [-0.25, -0.2) is 13.8 Å². The fourth-order valence-corrected chi connectivity index (χ4v) is 1.73. The van der Waals surface area contributed by atoms with Crippen LogP contribution in [0, 0.1) is 15.0 Å². The number of nitriles is 1. The SMILES string of the molecule is N#Cc1cnc(I)c(C(F)F)c1CO. The van der Waals surface area contributed by atoms with E-state index < -0.39 is 13.0 Å². The van der Waals surface area contributed by atoms with Gasteiger partial charge in [-0.2, -0.15) is 5.26 Å². The van der Waals surface area contributed by atoms with Gasteiger partial charge in [0.2, 0.25) is 0 Å². The lowest BCUT2D eigenvalue weighted by Crippen LogP contribution is -2.03. The molecule has 1 aromatic rings. The lowest BCUT2D eigenvalue weighted by molar-refractivity contribution is 0.145. The predicted molar refractivity (Wildman–Crippen MR) is 52.5 cm³/mol. The average molecular weight is 310 g/mol. The van der Waals surface area contributed by atoms with Crippen LogP contribution in [0.2, 0.25) is 0 Å². The lowest BCUT2D eigenvalue weighted by Gasteiger charge is -2.09. The van der Waals surface area contributed by atoms with Gasteiger partial charge in [-0.15, -0.1) is 0 Å². The number of rotatable bonds is 2. The van der Waals surface area contributed by atoms with E-state index >= 15 is 0 Å². The van der Waals surface area contributed by atoms with Gasteiger partial charge in [-0.3, -0.25) is 0 Å². The molecule has 0 aliphatic carbocycles. The molecule has 0 amide bonds. The van der Waals surface area contributed by atoms with Crippen molar-refractivity contribution >= 4 is 22.6 Å². The molecule has 0 aromatic carbocycles. The molecule has 1 heterocycles. The smallest absolute Gasteiger partial charge is 0.266 e. The van der Waals surface area contributed by atoms with Crippen molar-refractivity contribution in [3.8, 4) is 6.07 Å². The highest BCUT2D eigenvalue weighted by Crippen LogP contribution is 2.28. The maximum Gasteiger partial charge on any atom is 0.266 e. The van der Waals surface area contributed by atoms with Crippen LogP contribution in [0.4, 0.5) is 8.78 Å². The minimum absolute atomic E-state index is 0.0109. The maximum atomic E-state index is 12.5. The zero-order valence-electron chi connectivity index (χ0n) is 6.84. The predicted octanol–water partition coefficient (Wildman–Crippen LogP) is 1.99. The molecule has 0 unspecified atom stereocenters. The minimum atomic E-state index is -2.73. The summed E-state index contributed by atoms with van der Waals surface area (Å²) in [6, 6.07) is 1.71. The molecule has 6 heteroatoms. The first-order valence-electron chi connectivity index (χ1n) is 3.58. The Labute approximate surface area is 92.5 Å². The monoisotopic (exact) mass is 310 g/mol. The van der Waals surface area contributed by atoms with Crippen molar-refractivity contribution in [1.29, 1.82) is 5.26 Å². The van der Waals surface area contributed by atoms with Crippen LogP contribution < -0.4 is 0 Å². The van der Waals surface area contributed by atoms with Crippen molar-refractivity contribution in [3.63, 3.8) is 0 Å². The van der Waals surface area contributed by atoms with Crippen molar-refractivity contribution < 1.29 is 13.9 Å². The molecular weight excluding hydrogens is 305 g/mol. The molecule has 1 aromatic heterocycles. The van der Waals surface area contributed by atoms with E-state index in [9.17, 15) is 8.78 Å². The van der Waals surface area contributed by atoms with Crippen molar-refractivity contribution in [1.82, 2.24) is 4.98 Å². The van der Waals surface area contributed by atoms with Gasteiger partial charge in [0, 0.05) is 11.8 Å². The van der Waals surface area contributed by atoms with E-state index in [2.05, 4.69) is 4.98 Å². The Kier molecular flexibility index (Phi) is 3.71. The molecule has 0 aliphatic heterocycles. The van der Waals surface area contributed by atoms with Gasteiger partial charge in [0.15, 0.2) is 0 Å². The van der Waals surface area contributed by atoms with Crippen LogP contribution in [0.1, 0.15) is 23.1 Å². The minimum Gasteiger partial charge on any atom is -0.392 e. The molecular formula is C8H5F2IN2O. The third-order valence-electron chi connectivity index (χ3n) is 1.68. The molecule has 1 rings (SSSR count). The molecule has 0 bridgehead atoms. The Morgan fingerprint density at radius 2 is 2.29 bits per heavy atom. The van der Waals surface area contributed by atoms with Crippen molar-refractivity contribution in [2.45, 2.75) is 13.0 Å². The summed E-state index contributed by atoms with van der Waals surface area (Å²) >= 11 is 1.65. The van der Waals surface area contributed by atoms with Crippen LogP contribution in [0.25, 0.3) is 0 Å². The quantitative estimate of drug-likeness (QED) is 0.671. The Balaban J connectivity index is 3.45. The van der Waals surface area contributed by atoms with Gasteiger partial charge in [0.25, 0.3) is 6.43 Å². The van der Waals surface area contributed by atoms with Gasteiger partial charge >= 0.3 is 0 Å². The molecule has 0 atom stereocenters. The fraction of sp³-hybridized carbons (Fsp3) is 0.250. The molecule has 0 saturated carbocycles. The highest BCUT2D eigenvalue weighted by atomic mass is 127. The summed E-state index contributed by atoms with van der Waals surface area (Å²) in [5.74, 6) is 0. The summed E-state index contributed by atoms with van der Waals surface area (Å²) in [7, 11) is 0. The topological polar surface area (TPSA) is 56.9 Å². The van der Waals surface area contributed by atoms with Crippen LogP contribution in [-0.2, 0) is 6.61 Å². The number of aliphatic hydroxyl groups excluding tert-OH is 1. The second-order valence-corrected chi connectivity index (χ2v) is 3.45. The summed E-state index contributed by atoms with van der Waals surface area (Å²) in [6.07, 6.45) is -1.55. The summed E-state index contributed by atoms with van der Waals surface area (Å²) in [4.78, 5) is 3.65. The van der Waals surface area contributed by atoms with Crippen LogP contribution in [0.15, 0.2) is 6.20 Å². The highest BCUT2D eigenvalue weighted by Gasteiger charge is 2.20. The first kappa shape index (κ1) is 11.3. The van der Waals surface area contributed by atoms with Gasteiger partial charge < -0.3 is 5.11 Å². The second kappa shape index (κ2) is 4.61. The van der Waals surface area contributed by atoms with Crippen molar-refractivity contribution in [2.24, 2.45) is 0 Å². The third-order valence-corrected chi connectivity index (χ3v) is 2.54.